The smallest absolute Gasteiger partial charge is 0.331 e. The number of nitrogens with one attached hydrogen (secondary N) is 2. The zero-order chi connectivity index (χ0) is 21.9. The van der Waals surface area contributed by atoms with Gasteiger partial charge in [0.25, 0.3) is 11.8 Å². The monoisotopic (exact) mass is 409 g/mol. The molecule has 30 heavy (non-hydrogen) atoms. The quantitative estimate of drug-likeness (QED) is 0.398. The Hall–Kier alpha value is -3.61. The number of anilines is 1. The molecule has 0 aliphatic rings. The molecule has 0 radical (unpaired) electrons. The summed E-state index contributed by atoms with van der Waals surface area (Å²) in [6, 6.07) is 14.7. The van der Waals surface area contributed by atoms with E-state index in [4.69, 9.17) is 4.74 Å². The standard InChI is InChI=1S/C23H27N3O4/c1-4-26(5-2)20-13-10-19(11-14-20)23(29)25-24-21(27)16-30-22(28)15-12-18-9-7-6-8-17(18)3/h6-15H,4-5,16H2,1-3H3,(H,24,27)(H,25,29)/b15-12+. The number of aryl methyl sites for hydroxylation is 1. The summed E-state index contributed by atoms with van der Waals surface area (Å²) in [7, 11) is 0. The van der Waals surface area contributed by atoms with Crippen molar-refractivity contribution >= 4 is 29.5 Å². The lowest BCUT2D eigenvalue weighted by molar-refractivity contribution is -0.144. The largest absolute Gasteiger partial charge is 0.452 e. The third-order valence-corrected chi connectivity index (χ3v) is 4.51. The van der Waals surface area contributed by atoms with Crippen molar-refractivity contribution in [3.05, 3.63) is 71.3 Å². The molecule has 0 fully saturated rings. The number of hydrogen-bond acceptors (Lipinski definition) is 5. The van der Waals surface area contributed by atoms with E-state index in [0.29, 0.717) is 5.56 Å². The lowest BCUT2D eigenvalue weighted by Gasteiger charge is -2.21. The van der Waals surface area contributed by atoms with Gasteiger partial charge in [-0.25, -0.2) is 4.79 Å². The zero-order valence-electron chi connectivity index (χ0n) is 17.5. The van der Waals surface area contributed by atoms with E-state index < -0.39 is 24.4 Å². The number of rotatable bonds is 8. The molecule has 0 aromatic heterocycles. The third-order valence-electron chi connectivity index (χ3n) is 4.51. The van der Waals surface area contributed by atoms with Crippen LogP contribution in [0.15, 0.2) is 54.6 Å². The maximum atomic E-state index is 12.1. The van der Waals surface area contributed by atoms with E-state index in [1.54, 1.807) is 18.2 Å². The van der Waals surface area contributed by atoms with Crippen LogP contribution in [0.25, 0.3) is 6.08 Å². The average Bonchev–Trinajstić information content (AvgIpc) is 2.76. The third kappa shape index (κ3) is 6.77. The first-order valence-corrected chi connectivity index (χ1v) is 9.79. The van der Waals surface area contributed by atoms with E-state index in [-0.39, 0.29) is 0 Å². The molecule has 2 aromatic rings. The maximum absolute atomic E-state index is 12.1. The minimum Gasteiger partial charge on any atom is -0.452 e. The summed E-state index contributed by atoms with van der Waals surface area (Å²) in [5, 5.41) is 0. The second kappa shape index (κ2) is 11.4. The van der Waals surface area contributed by atoms with Crippen molar-refractivity contribution in [2.45, 2.75) is 20.8 Å². The van der Waals surface area contributed by atoms with Crippen molar-refractivity contribution in [2.24, 2.45) is 0 Å². The molecular weight excluding hydrogens is 382 g/mol. The summed E-state index contributed by atoms with van der Waals surface area (Å²) in [5.41, 5.74) is 7.87. The molecule has 0 saturated carbocycles. The molecule has 0 atom stereocenters. The Kier molecular flexibility index (Phi) is 8.62. The highest BCUT2D eigenvalue weighted by atomic mass is 16.5. The number of hydrogen-bond donors (Lipinski definition) is 2. The predicted octanol–water partition coefficient (Wildman–Crippen LogP) is 2.86. The molecule has 2 amide bonds. The topological polar surface area (TPSA) is 87.7 Å². The summed E-state index contributed by atoms with van der Waals surface area (Å²) in [5.74, 6) is -1.74. The normalized spacial score (nSPS) is 10.5. The number of carbonyl (C=O) groups excluding carboxylic acids is 3. The number of amides is 2. The van der Waals surface area contributed by atoms with Crippen LogP contribution in [0.5, 0.6) is 0 Å². The van der Waals surface area contributed by atoms with Crippen LogP contribution >= 0.6 is 0 Å². The van der Waals surface area contributed by atoms with Gasteiger partial charge in [0.2, 0.25) is 0 Å². The lowest BCUT2D eigenvalue weighted by atomic mass is 10.1. The van der Waals surface area contributed by atoms with Gasteiger partial charge in [0.15, 0.2) is 6.61 Å². The van der Waals surface area contributed by atoms with Crippen LogP contribution < -0.4 is 15.8 Å². The van der Waals surface area contributed by atoms with Gasteiger partial charge < -0.3 is 9.64 Å². The van der Waals surface area contributed by atoms with Gasteiger partial charge in [-0.15, -0.1) is 0 Å². The Labute approximate surface area is 176 Å². The molecule has 0 heterocycles. The molecule has 2 rings (SSSR count). The second-order valence-corrected chi connectivity index (χ2v) is 6.52. The average molecular weight is 409 g/mol. The number of nitrogens with zero attached hydrogens (tertiary/aromatic N) is 1. The Morgan fingerprint density at radius 1 is 0.967 bits per heavy atom. The van der Waals surface area contributed by atoms with Crippen LogP contribution in [-0.2, 0) is 14.3 Å². The number of esters is 1. The summed E-state index contributed by atoms with van der Waals surface area (Å²) < 4.78 is 4.88. The molecule has 0 bridgehead atoms. The highest BCUT2D eigenvalue weighted by Gasteiger charge is 2.10. The van der Waals surface area contributed by atoms with Crippen molar-refractivity contribution in [3.8, 4) is 0 Å². The molecule has 0 aliphatic heterocycles. The molecule has 0 aliphatic carbocycles. The van der Waals surface area contributed by atoms with Gasteiger partial charge in [-0.1, -0.05) is 24.3 Å². The van der Waals surface area contributed by atoms with E-state index in [2.05, 4.69) is 29.6 Å². The Morgan fingerprint density at radius 3 is 2.27 bits per heavy atom. The highest BCUT2D eigenvalue weighted by molar-refractivity contribution is 5.96. The molecule has 7 nitrogen and oxygen atoms in total. The minimum absolute atomic E-state index is 0.407. The van der Waals surface area contributed by atoms with Gasteiger partial charge in [0, 0.05) is 30.4 Å². The first-order valence-electron chi connectivity index (χ1n) is 9.79. The van der Waals surface area contributed by atoms with Crippen LogP contribution in [0.2, 0.25) is 0 Å². The summed E-state index contributed by atoms with van der Waals surface area (Å²) in [6.07, 6.45) is 2.88. The fraction of sp³-hybridized carbons (Fsp3) is 0.261. The van der Waals surface area contributed by atoms with Gasteiger partial charge in [0.1, 0.15) is 0 Å². The van der Waals surface area contributed by atoms with Crippen LogP contribution in [0.1, 0.15) is 35.3 Å². The van der Waals surface area contributed by atoms with Gasteiger partial charge in [0.05, 0.1) is 0 Å². The molecule has 2 N–H and O–H groups in total. The van der Waals surface area contributed by atoms with Gasteiger partial charge >= 0.3 is 5.97 Å². The zero-order valence-corrected chi connectivity index (χ0v) is 17.5. The molecule has 7 heteroatoms. The van der Waals surface area contributed by atoms with Crippen molar-refractivity contribution in [2.75, 3.05) is 24.6 Å². The number of ether oxygens (including phenoxy) is 1. The van der Waals surface area contributed by atoms with Gasteiger partial charge in [-0.2, -0.15) is 0 Å². The summed E-state index contributed by atoms with van der Waals surface area (Å²) in [6.45, 7) is 7.29. The first-order chi connectivity index (χ1) is 14.4. The summed E-state index contributed by atoms with van der Waals surface area (Å²) in [4.78, 5) is 37.8. The summed E-state index contributed by atoms with van der Waals surface area (Å²) >= 11 is 0. The Morgan fingerprint density at radius 2 is 1.63 bits per heavy atom. The van der Waals surface area contributed by atoms with Crippen LogP contribution in [0.4, 0.5) is 5.69 Å². The molecule has 0 unspecified atom stereocenters. The maximum Gasteiger partial charge on any atom is 0.331 e. The molecule has 0 spiro atoms. The van der Waals surface area contributed by atoms with Crippen molar-refractivity contribution in [3.63, 3.8) is 0 Å². The predicted molar refractivity (Wildman–Crippen MR) is 117 cm³/mol. The Balaban J connectivity index is 1.76. The number of hydrazine groups is 1. The lowest BCUT2D eigenvalue weighted by Crippen LogP contribution is -2.43. The van der Waals surface area contributed by atoms with Crippen molar-refractivity contribution in [1.82, 2.24) is 10.9 Å². The fourth-order valence-corrected chi connectivity index (χ4v) is 2.76. The molecule has 0 saturated heterocycles. The van der Waals surface area contributed by atoms with E-state index in [1.165, 1.54) is 6.08 Å². The minimum atomic E-state index is -0.647. The van der Waals surface area contributed by atoms with Crippen LogP contribution in [0, 0.1) is 6.92 Å². The van der Waals surface area contributed by atoms with Gasteiger partial charge in [-0.05, 0) is 62.2 Å². The van der Waals surface area contributed by atoms with E-state index >= 15 is 0 Å². The second-order valence-electron chi connectivity index (χ2n) is 6.52. The van der Waals surface area contributed by atoms with Gasteiger partial charge in [-0.3, -0.25) is 20.4 Å². The number of benzene rings is 2. The van der Waals surface area contributed by atoms with Crippen molar-refractivity contribution < 1.29 is 19.1 Å². The van der Waals surface area contributed by atoms with E-state index in [0.717, 1.165) is 29.9 Å². The van der Waals surface area contributed by atoms with E-state index in [9.17, 15) is 14.4 Å². The highest BCUT2D eigenvalue weighted by Crippen LogP contribution is 2.14. The Bertz CT molecular complexity index is 903. The van der Waals surface area contributed by atoms with Crippen LogP contribution in [-0.4, -0.2) is 37.5 Å². The molecule has 158 valence electrons. The van der Waals surface area contributed by atoms with Crippen LogP contribution in [0.3, 0.4) is 0 Å². The molecule has 2 aromatic carbocycles. The van der Waals surface area contributed by atoms with E-state index in [1.807, 2.05) is 43.3 Å². The molecular formula is C23H27N3O4. The SMILES string of the molecule is CCN(CC)c1ccc(C(=O)NNC(=O)COC(=O)/C=C/c2ccccc2C)cc1. The van der Waals surface area contributed by atoms with Crippen molar-refractivity contribution in [1.29, 1.82) is 0 Å². The number of carbonyl (C=O) groups is 3. The fourth-order valence-electron chi connectivity index (χ4n) is 2.76. The first kappa shape index (κ1) is 22.7.